The number of carboxylic acids is 1. The molecule has 0 spiro atoms. The van der Waals surface area contributed by atoms with Gasteiger partial charge < -0.3 is 5.11 Å². The second-order valence-corrected chi connectivity index (χ2v) is 4.15. The molecular weight excluding hydrogens is 244 g/mol. The lowest BCUT2D eigenvalue weighted by Gasteiger charge is -2.06. The van der Waals surface area contributed by atoms with Crippen LogP contribution in [-0.4, -0.2) is 20.9 Å². The Morgan fingerprint density at radius 2 is 1.84 bits per heavy atom. The van der Waals surface area contributed by atoms with Gasteiger partial charge in [-0.1, -0.05) is 36.4 Å². The summed E-state index contributed by atoms with van der Waals surface area (Å²) in [5.41, 5.74) is 0.113. The lowest BCUT2D eigenvalue weighted by molar-refractivity contribution is 0.0690. The van der Waals surface area contributed by atoms with Crippen molar-refractivity contribution in [3.05, 3.63) is 64.6 Å². The Labute approximate surface area is 107 Å². The minimum absolute atomic E-state index is 0.127. The quantitative estimate of drug-likeness (QED) is 0.734. The molecule has 0 aliphatic carbocycles. The van der Waals surface area contributed by atoms with E-state index in [0.717, 1.165) is 16.8 Å². The van der Waals surface area contributed by atoms with Gasteiger partial charge in [-0.05, 0) is 11.5 Å². The third kappa shape index (κ3) is 1.81. The van der Waals surface area contributed by atoms with Gasteiger partial charge in [-0.3, -0.25) is 9.89 Å². The molecule has 0 aliphatic heterocycles. The Hall–Kier alpha value is -2.82. The number of aromatic nitrogens is 2. The first kappa shape index (κ1) is 11.3. The molecule has 0 radical (unpaired) electrons. The summed E-state index contributed by atoms with van der Waals surface area (Å²) in [6.07, 6.45) is 0. The highest BCUT2D eigenvalue weighted by Crippen LogP contribution is 2.20. The molecule has 19 heavy (non-hydrogen) atoms. The first-order chi connectivity index (χ1) is 9.16. The normalized spacial score (nSPS) is 10.7. The smallest absolute Gasteiger partial charge is 0.353 e. The SMILES string of the molecule is O=C(O)c1cc(=O)n(-c2cccc3ccccc23)[nH]1. The van der Waals surface area contributed by atoms with Gasteiger partial charge in [0.25, 0.3) is 5.56 Å². The van der Waals surface area contributed by atoms with E-state index < -0.39 is 11.5 Å². The average molecular weight is 254 g/mol. The van der Waals surface area contributed by atoms with Crippen LogP contribution < -0.4 is 5.56 Å². The predicted octanol–water partition coefficient (Wildman–Crippen LogP) is 2.02. The molecule has 1 heterocycles. The van der Waals surface area contributed by atoms with Crippen LogP contribution in [0.1, 0.15) is 10.5 Å². The molecule has 5 heteroatoms. The standard InChI is InChI=1S/C14H10N2O3/c17-13-8-11(14(18)19)15-16(13)12-7-3-5-9-4-1-2-6-10(9)12/h1-8,15H,(H,18,19). The monoisotopic (exact) mass is 254 g/mol. The van der Waals surface area contributed by atoms with E-state index in [-0.39, 0.29) is 5.69 Å². The molecule has 0 atom stereocenters. The van der Waals surface area contributed by atoms with E-state index in [2.05, 4.69) is 5.10 Å². The number of carboxylic acid groups (broad SMARTS) is 1. The Balaban J connectivity index is 2.30. The van der Waals surface area contributed by atoms with Crippen molar-refractivity contribution in [1.29, 1.82) is 0 Å². The second-order valence-electron chi connectivity index (χ2n) is 4.15. The minimum Gasteiger partial charge on any atom is -0.477 e. The number of hydrogen-bond donors (Lipinski definition) is 2. The first-order valence-electron chi connectivity index (χ1n) is 5.70. The van der Waals surface area contributed by atoms with Crippen molar-refractivity contribution in [3.8, 4) is 5.69 Å². The van der Waals surface area contributed by atoms with Crippen LogP contribution in [0, 0.1) is 0 Å². The molecule has 0 bridgehead atoms. The van der Waals surface area contributed by atoms with Crippen molar-refractivity contribution in [1.82, 2.24) is 9.78 Å². The fraction of sp³-hybridized carbons (Fsp3) is 0. The number of benzene rings is 2. The maximum Gasteiger partial charge on any atom is 0.353 e. The fourth-order valence-electron chi connectivity index (χ4n) is 2.09. The zero-order valence-corrected chi connectivity index (χ0v) is 9.83. The van der Waals surface area contributed by atoms with Crippen molar-refractivity contribution in [2.45, 2.75) is 0 Å². The van der Waals surface area contributed by atoms with Crippen molar-refractivity contribution >= 4 is 16.7 Å². The van der Waals surface area contributed by atoms with Gasteiger partial charge in [0.05, 0.1) is 5.69 Å². The molecule has 1 aromatic heterocycles. The summed E-state index contributed by atoms with van der Waals surface area (Å²) in [7, 11) is 0. The summed E-state index contributed by atoms with van der Waals surface area (Å²) < 4.78 is 1.24. The van der Waals surface area contributed by atoms with Gasteiger partial charge in [0.1, 0.15) is 5.69 Å². The van der Waals surface area contributed by atoms with E-state index in [1.807, 2.05) is 36.4 Å². The van der Waals surface area contributed by atoms with Crippen LogP contribution in [0.5, 0.6) is 0 Å². The molecule has 94 valence electrons. The van der Waals surface area contributed by atoms with E-state index >= 15 is 0 Å². The predicted molar refractivity (Wildman–Crippen MR) is 70.9 cm³/mol. The van der Waals surface area contributed by atoms with Gasteiger partial charge in [0.2, 0.25) is 0 Å². The molecule has 0 unspecified atom stereocenters. The third-order valence-electron chi connectivity index (χ3n) is 2.96. The molecule has 0 saturated carbocycles. The molecule has 2 aromatic carbocycles. The van der Waals surface area contributed by atoms with Gasteiger partial charge in [-0.25, -0.2) is 9.48 Å². The number of nitrogens with one attached hydrogen (secondary N) is 1. The van der Waals surface area contributed by atoms with E-state index in [0.29, 0.717) is 5.69 Å². The molecule has 0 saturated heterocycles. The number of rotatable bonds is 2. The van der Waals surface area contributed by atoms with E-state index in [9.17, 15) is 9.59 Å². The average Bonchev–Trinajstić information content (AvgIpc) is 2.80. The van der Waals surface area contributed by atoms with Crippen LogP contribution in [0.3, 0.4) is 0 Å². The molecule has 3 aromatic rings. The van der Waals surface area contributed by atoms with Crippen LogP contribution in [0.2, 0.25) is 0 Å². The molecule has 0 fully saturated rings. The summed E-state index contributed by atoms with van der Waals surface area (Å²) in [6, 6.07) is 14.2. The van der Waals surface area contributed by atoms with Crippen LogP contribution in [0.4, 0.5) is 0 Å². The van der Waals surface area contributed by atoms with Crippen LogP contribution in [0.25, 0.3) is 16.5 Å². The topological polar surface area (TPSA) is 75.1 Å². The van der Waals surface area contributed by atoms with Crippen molar-refractivity contribution < 1.29 is 9.90 Å². The van der Waals surface area contributed by atoms with Crippen molar-refractivity contribution in [2.24, 2.45) is 0 Å². The minimum atomic E-state index is -1.16. The summed E-state index contributed by atoms with van der Waals surface area (Å²) >= 11 is 0. The largest absolute Gasteiger partial charge is 0.477 e. The number of carbonyl (C=O) groups is 1. The number of aromatic carboxylic acids is 1. The third-order valence-corrected chi connectivity index (χ3v) is 2.96. The Bertz CT molecular complexity index is 825. The number of hydrogen-bond acceptors (Lipinski definition) is 2. The summed E-state index contributed by atoms with van der Waals surface area (Å²) in [5, 5.41) is 13.4. The molecule has 0 amide bonds. The zero-order chi connectivity index (χ0) is 13.4. The highest BCUT2D eigenvalue weighted by molar-refractivity contribution is 5.90. The Morgan fingerprint density at radius 1 is 1.11 bits per heavy atom. The zero-order valence-electron chi connectivity index (χ0n) is 9.83. The second kappa shape index (κ2) is 4.13. The van der Waals surface area contributed by atoms with E-state index in [1.165, 1.54) is 4.68 Å². The number of nitrogens with zero attached hydrogens (tertiary/aromatic N) is 1. The summed E-state index contributed by atoms with van der Waals surface area (Å²) in [5.74, 6) is -1.16. The first-order valence-corrected chi connectivity index (χ1v) is 5.70. The van der Waals surface area contributed by atoms with Crippen molar-refractivity contribution in [3.63, 3.8) is 0 Å². The number of H-pyrrole nitrogens is 1. The molecule has 0 aliphatic rings. The number of aromatic amines is 1. The van der Waals surface area contributed by atoms with Gasteiger partial charge in [0, 0.05) is 11.5 Å². The summed E-state index contributed by atoms with van der Waals surface area (Å²) in [6.45, 7) is 0. The molecule has 2 N–H and O–H groups in total. The van der Waals surface area contributed by atoms with Gasteiger partial charge >= 0.3 is 5.97 Å². The van der Waals surface area contributed by atoms with Gasteiger partial charge in [0.15, 0.2) is 0 Å². The number of fused-ring (bicyclic) bond motifs is 1. The van der Waals surface area contributed by atoms with Crippen LogP contribution in [-0.2, 0) is 0 Å². The molecule has 3 rings (SSSR count). The highest BCUT2D eigenvalue weighted by Gasteiger charge is 2.11. The lowest BCUT2D eigenvalue weighted by Crippen LogP contribution is -2.13. The Kier molecular flexibility index (Phi) is 2.45. The van der Waals surface area contributed by atoms with Crippen LogP contribution in [0.15, 0.2) is 53.3 Å². The fourth-order valence-corrected chi connectivity index (χ4v) is 2.09. The van der Waals surface area contributed by atoms with E-state index in [1.54, 1.807) is 6.07 Å². The lowest BCUT2D eigenvalue weighted by atomic mass is 10.1. The summed E-state index contributed by atoms with van der Waals surface area (Å²) in [4.78, 5) is 22.7. The maximum atomic E-state index is 11.9. The van der Waals surface area contributed by atoms with E-state index in [4.69, 9.17) is 5.11 Å². The van der Waals surface area contributed by atoms with Gasteiger partial charge in [-0.2, -0.15) is 0 Å². The molecule has 5 nitrogen and oxygen atoms in total. The van der Waals surface area contributed by atoms with Crippen LogP contribution >= 0.6 is 0 Å². The maximum absolute atomic E-state index is 11.9. The van der Waals surface area contributed by atoms with Crippen molar-refractivity contribution in [2.75, 3.05) is 0 Å². The van der Waals surface area contributed by atoms with Gasteiger partial charge in [-0.15, -0.1) is 0 Å². The molecular formula is C14H10N2O3. The Morgan fingerprint density at radius 3 is 2.58 bits per heavy atom. The highest BCUT2D eigenvalue weighted by atomic mass is 16.4.